The highest BCUT2D eigenvalue weighted by Crippen LogP contribution is 2.37. The standard InChI is InChI=1S/C20H23N5O/c1-11-5-4-6-14-9-16(25(15-7-8-15)20(26)19(11)14)12(2)22-18-10-17(21)23-13(3)24-18/h4-6,9-10,12,15H,7-8H2,1-3H3,(H3,21,22,23,24)/t12-/m0/s1. The molecule has 2 aromatic heterocycles. The van der Waals surface area contributed by atoms with Gasteiger partial charge in [-0.25, -0.2) is 9.97 Å². The minimum absolute atomic E-state index is 0.0816. The van der Waals surface area contributed by atoms with Crippen molar-refractivity contribution in [3.05, 3.63) is 57.8 Å². The first kappa shape index (κ1) is 16.6. The van der Waals surface area contributed by atoms with Crippen molar-refractivity contribution in [3.63, 3.8) is 0 Å². The van der Waals surface area contributed by atoms with E-state index in [2.05, 4.69) is 21.4 Å². The van der Waals surface area contributed by atoms with Crippen LogP contribution in [0.5, 0.6) is 0 Å². The number of aryl methyl sites for hydroxylation is 2. The minimum Gasteiger partial charge on any atom is -0.384 e. The second-order valence-corrected chi connectivity index (χ2v) is 7.11. The third kappa shape index (κ3) is 2.92. The molecule has 2 heterocycles. The lowest BCUT2D eigenvalue weighted by atomic mass is 10.0. The molecule has 0 saturated heterocycles. The van der Waals surface area contributed by atoms with Crippen molar-refractivity contribution in [3.8, 4) is 0 Å². The molecule has 1 aliphatic carbocycles. The van der Waals surface area contributed by atoms with Crippen LogP contribution in [0.2, 0.25) is 0 Å². The SMILES string of the molecule is Cc1nc(N)cc(N[C@@H](C)c2cc3cccc(C)c3c(=O)n2C2CC2)n1. The summed E-state index contributed by atoms with van der Waals surface area (Å²) < 4.78 is 1.96. The molecule has 134 valence electrons. The Morgan fingerprint density at radius 1 is 1.23 bits per heavy atom. The van der Waals surface area contributed by atoms with Crippen molar-refractivity contribution < 1.29 is 0 Å². The molecule has 0 spiro atoms. The Morgan fingerprint density at radius 3 is 2.69 bits per heavy atom. The van der Waals surface area contributed by atoms with E-state index >= 15 is 0 Å². The Morgan fingerprint density at radius 2 is 2.00 bits per heavy atom. The van der Waals surface area contributed by atoms with Gasteiger partial charge in [0.1, 0.15) is 17.5 Å². The number of pyridine rings is 1. The van der Waals surface area contributed by atoms with Gasteiger partial charge >= 0.3 is 0 Å². The van der Waals surface area contributed by atoms with Crippen molar-refractivity contribution in [1.29, 1.82) is 0 Å². The van der Waals surface area contributed by atoms with Crippen LogP contribution in [0, 0.1) is 13.8 Å². The van der Waals surface area contributed by atoms with Gasteiger partial charge in [0.2, 0.25) is 0 Å². The molecule has 1 atom stereocenters. The van der Waals surface area contributed by atoms with E-state index in [0.717, 1.165) is 34.9 Å². The Hall–Kier alpha value is -2.89. The van der Waals surface area contributed by atoms with Crippen molar-refractivity contribution >= 4 is 22.4 Å². The molecule has 1 aliphatic rings. The van der Waals surface area contributed by atoms with Gasteiger partial charge in [0, 0.05) is 17.8 Å². The molecule has 0 aliphatic heterocycles. The van der Waals surface area contributed by atoms with Crippen LogP contribution in [0.4, 0.5) is 11.6 Å². The van der Waals surface area contributed by atoms with Gasteiger partial charge in [0.25, 0.3) is 5.56 Å². The quantitative estimate of drug-likeness (QED) is 0.753. The molecule has 0 unspecified atom stereocenters. The largest absolute Gasteiger partial charge is 0.384 e. The lowest BCUT2D eigenvalue weighted by Crippen LogP contribution is -2.26. The number of rotatable bonds is 4. The summed E-state index contributed by atoms with van der Waals surface area (Å²) in [6, 6.07) is 10.0. The third-order valence-corrected chi connectivity index (χ3v) is 4.90. The molecule has 1 aromatic carbocycles. The highest BCUT2D eigenvalue weighted by Gasteiger charge is 2.29. The number of nitrogens with one attached hydrogen (secondary N) is 1. The van der Waals surface area contributed by atoms with Gasteiger partial charge in [-0.2, -0.15) is 0 Å². The minimum atomic E-state index is -0.0816. The molecule has 3 N–H and O–H groups in total. The second-order valence-electron chi connectivity index (χ2n) is 7.11. The lowest BCUT2D eigenvalue weighted by molar-refractivity contribution is 0.635. The number of nitrogens with zero attached hydrogens (tertiary/aromatic N) is 3. The number of fused-ring (bicyclic) bond motifs is 1. The lowest BCUT2D eigenvalue weighted by Gasteiger charge is -2.21. The molecular weight excluding hydrogens is 326 g/mol. The monoisotopic (exact) mass is 349 g/mol. The van der Waals surface area contributed by atoms with Crippen LogP contribution in [0.3, 0.4) is 0 Å². The highest BCUT2D eigenvalue weighted by atomic mass is 16.1. The molecule has 1 fully saturated rings. The maximum atomic E-state index is 13.2. The van der Waals surface area contributed by atoms with E-state index in [-0.39, 0.29) is 11.6 Å². The van der Waals surface area contributed by atoms with Gasteiger partial charge < -0.3 is 15.6 Å². The van der Waals surface area contributed by atoms with Crippen molar-refractivity contribution in [2.75, 3.05) is 11.1 Å². The van der Waals surface area contributed by atoms with Crippen molar-refractivity contribution in [1.82, 2.24) is 14.5 Å². The molecular formula is C20H23N5O. The predicted molar refractivity (Wildman–Crippen MR) is 104 cm³/mol. The Bertz CT molecular complexity index is 1030. The van der Waals surface area contributed by atoms with Crippen LogP contribution in [-0.2, 0) is 0 Å². The molecule has 0 bridgehead atoms. The molecule has 0 radical (unpaired) electrons. The molecule has 4 rings (SSSR count). The van der Waals surface area contributed by atoms with Crippen molar-refractivity contribution in [2.45, 2.75) is 45.7 Å². The fourth-order valence-electron chi connectivity index (χ4n) is 3.57. The number of hydrogen-bond acceptors (Lipinski definition) is 5. The van der Waals surface area contributed by atoms with E-state index in [1.807, 2.05) is 43.5 Å². The summed E-state index contributed by atoms with van der Waals surface area (Å²) in [6.07, 6.45) is 2.10. The summed E-state index contributed by atoms with van der Waals surface area (Å²) in [6.45, 7) is 5.85. The number of anilines is 2. The Kier molecular flexibility index (Phi) is 3.90. The van der Waals surface area contributed by atoms with Gasteiger partial charge in [0.05, 0.1) is 11.4 Å². The third-order valence-electron chi connectivity index (χ3n) is 4.90. The molecule has 26 heavy (non-hydrogen) atoms. The van der Waals surface area contributed by atoms with E-state index in [4.69, 9.17) is 5.73 Å². The van der Waals surface area contributed by atoms with Crippen LogP contribution in [0.1, 0.15) is 48.9 Å². The zero-order valence-electron chi connectivity index (χ0n) is 15.3. The summed E-state index contributed by atoms with van der Waals surface area (Å²) in [5.74, 6) is 1.72. The zero-order valence-corrected chi connectivity index (χ0v) is 15.3. The van der Waals surface area contributed by atoms with Gasteiger partial charge in [-0.1, -0.05) is 18.2 Å². The molecule has 6 nitrogen and oxygen atoms in total. The van der Waals surface area contributed by atoms with Gasteiger partial charge in [-0.05, 0) is 50.6 Å². The van der Waals surface area contributed by atoms with E-state index in [1.54, 1.807) is 6.07 Å². The predicted octanol–water partition coefficient (Wildman–Crippen LogP) is 3.50. The summed E-state index contributed by atoms with van der Waals surface area (Å²) in [5.41, 5.74) is 7.93. The molecule has 6 heteroatoms. The average Bonchev–Trinajstić information content (AvgIpc) is 3.38. The summed E-state index contributed by atoms with van der Waals surface area (Å²) in [5, 5.41) is 5.18. The topological polar surface area (TPSA) is 85.8 Å². The maximum absolute atomic E-state index is 13.2. The maximum Gasteiger partial charge on any atom is 0.259 e. The average molecular weight is 349 g/mol. The molecule has 1 saturated carbocycles. The van der Waals surface area contributed by atoms with E-state index in [0.29, 0.717) is 23.5 Å². The first-order chi connectivity index (χ1) is 12.4. The van der Waals surface area contributed by atoms with E-state index in [9.17, 15) is 4.79 Å². The molecule has 3 aromatic rings. The zero-order chi connectivity index (χ0) is 18.4. The summed E-state index contributed by atoms with van der Waals surface area (Å²) in [7, 11) is 0. The van der Waals surface area contributed by atoms with Crippen LogP contribution < -0.4 is 16.6 Å². The first-order valence-electron chi connectivity index (χ1n) is 8.96. The second kappa shape index (κ2) is 6.12. The van der Waals surface area contributed by atoms with Crippen molar-refractivity contribution in [2.24, 2.45) is 0 Å². The van der Waals surface area contributed by atoms with Crippen LogP contribution in [0.25, 0.3) is 10.8 Å². The number of benzene rings is 1. The summed E-state index contributed by atoms with van der Waals surface area (Å²) in [4.78, 5) is 21.7. The van der Waals surface area contributed by atoms with Crippen LogP contribution in [0.15, 0.2) is 35.1 Å². The fraction of sp³-hybridized carbons (Fsp3) is 0.350. The smallest absolute Gasteiger partial charge is 0.259 e. The van der Waals surface area contributed by atoms with E-state index < -0.39 is 0 Å². The van der Waals surface area contributed by atoms with Gasteiger partial charge in [-0.15, -0.1) is 0 Å². The fourth-order valence-corrected chi connectivity index (χ4v) is 3.57. The number of nitrogens with two attached hydrogens (primary N) is 1. The number of hydrogen-bond donors (Lipinski definition) is 2. The Balaban J connectivity index is 1.82. The Labute approximate surface area is 152 Å². The molecule has 0 amide bonds. The van der Waals surface area contributed by atoms with Gasteiger partial charge in [0.15, 0.2) is 0 Å². The van der Waals surface area contributed by atoms with Crippen LogP contribution in [-0.4, -0.2) is 14.5 Å². The highest BCUT2D eigenvalue weighted by molar-refractivity contribution is 5.85. The number of aromatic nitrogens is 3. The summed E-state index contributed by atoms with van der Waals surface area (Å²) >= 11 is 0. The first-order valence-corrected chi connectivity index (χ1v) is 8.96. The van der Waals surface area contributed by atoms with E-state index in [1.165, 1.54) is 0 Å². The normalized spacial score (nSPS) is 15.2. The van der Waals surface area contributed by atoms with Gasteiger partial charge in [-0.3, -0.25) is 4.79 Å². The number of nitrogen functional groups attached to an aromatic ring is 1. The van der Waals surface area contributed by atoms with Crippen LogP contribution >= 0.6 is 0 Å².